The molecule has 0 aliphatic heterocycles. The van der Waals surface area contributed by atoms with E-state index in [1.165, 1.54) is 0 Å². The summed E-state index contributed by atoms with van der Waals surface area (Å²) < 4.78 is 4.87. The maximum absolute atomic E-state index is 4.87. The number of nitrogens with zero attached hydrogens (tertiary/aromatic N) is 1. The minimum atomic E-state index is 0.894. The minimum absolute atomic E-state index is 0.894. The van der Waals surface area contributed by atoms with Gasteiger partial charge in [0.05, 0.1) is 0 Å². The molecule has 0 N–H and O–H groups in total. The predicted octanol–water partition coefficient (Wildman–Crippen LogP) is 2.83. The Bertz CT molecular complexity index is 418. The molecule has 0 atom stereocenters. The van der Waals surface area contributed by atoms with E-state index in [4.69, 9.17) is 4.52 Å². The first-order valence-electron chi connectivity index (χ1n) is 4.11. The molecule has 0 amide bonds. The Morgan fingerprint density at radius 2 is 2.23 bits per heavy atom. The normalized spacial score (nSPS) is 10.3. The maximum Gasteiger partial charge on any atom is 0.127 e. The van der Waals surface area contributed by atoms with Crippen LogP contribution in [0.1, 0.15) is 11.1 Å². The Labute approximate surface area is 77.2 Å². The van der Waals surface area contributed by atoms with Crippen molar-refractivity contribution < 1.29 is 4.52 Å². The quantitative estimate of drug-likeness (QED) is 0.661. The predicted molar refractivity (Wildman–Crippen MR) is 51.1 cm³/mol. The van der Waals surface area contributed by atoms with Gasteiger partial charge in [0.15, 0.2) is 0 Å². The Kier molecular flexibility index (Phi) is 1.89. The van der Waals surface area contributed by atoms with E-state index >= 15 is 0 Å². The van der Waals surface area contributed by atoms with Crippen LogP contribution in [0.2, 0.25) is 0 Å². The van der Waals surface area contributed by atoms with Gasteiger partial charge >= 0.3 is 0 Å². The maximum atomic E-state index is 4.87. The van der Waals surface area contributed by atoms with Crippen LogP contribution >= 0.6 is 0 Å². The zero-order chi connectivity index (χ0) is 9.26. The van der Waals surface area contributed by atoms with Crippen molar-refractivity contribution in [1.29, 1.82) is 0 Å². The molecule has 0 unspecified atom stereocenters. The Hall–Kier alpha value is -1.57. The van der Waals surface area contributed by atoms with Crippen molar-refractivity contribution in [3.8, 4) is 11.3 Å². The molecule has 2 heteroatoms. The first kappa shape index (κ1) is 8.05. The van der Waals surface area contributed by atoms with E-state index in [-0.39, 0.29) is 0 Å². The summed E-state index contributed by atoms with van der Waals surface area (Å²) in [6.45, 7) is 5.84. The molecule has 0 fully saturated rings. The number of hydrogen-bond acceptors (Lipinski definition) is 2. The first-order valence-corrected chi connectivity index (χ1v) is 4.11. The van der Waals surface area contributed by atoms with E-state index in [2.05, 4.69) is 12.1 Å². The summed E-state index contributed by atoms with van der Waals surface area (Å²) in [4.78, 5) is 0. The molecule has 1 aromatic heterocycles. The van der Waals surface area contributed by atoms with Crippen LogP contribution in [0.4, 0.5) is 0 Å². The van der Waals surface area contributed by atoms with E-state index in [0.29, 0.717) is 0 Å². The van der Waals surface area contributed by atoms with Crippen molar-refractivity contribution in [1.82, 2.24) is 5.16 Å². The van der Waals surface area contributed by atoms with Crippen LogP contribution in [-0.2, 0) is 0 Å². The van der Waals surface area contributed by atoms with Gasteiger partial charge in [-0.15, -0.1) is 0 Å². The third-order valence-corrected chi connectivity index (χ3v) is 1.95. The highest BCUT2D eigenvalue weighted by atomic mass is 16.5. The summed E-state index contributed by atoms with van der Waals surface area (Å²) in [5.74, 6) is 0. The SMILES string of the molecule is [CH2]c1cccc(-c2nocc2C)c1. The molecule has 1 aromatic carbocycles. The molecular formula is C11H10NO. The van der Waals surface area contributed by atoms with Gasteiger partial charge in [0.1, 0.15) is 12.0 Å². The Morgan fingerprint density at radius 1 is 1.38 bits per heavy atom. The molecule has 0 aliphatic carbocycles. The van der Waals surface area contributed by atoms with E-state index in [0.717, 1.165) is 22.4 Å². The number of aromatic nitrogens is 1. The smallest absolute Gasteiger partial charge is 0.127 e. The molecule has 0 aliphatic rings. The zero-order valence-corrected chi connectivity index (χ0v) is 7.45. The van der Waals surface area contributed by atoms with Crippen molar-refractivity contribution >= 4 is 0 Å². The molecule has 0 saturated heterocycles. The average Bonchev–Trinajstić information content (AvgIpc) is 2.51. The van der Waals surface area contributed by atoms with Crippen LogP contribution in [0.5, 0.6) is 0 Å². The molecule has 1 radical (unpaired) electrons. The highest BCUT2D eigenvalue weighted by Crippen LogP contribution is 2.21. The van der Waals surface area contributed by atoms with Crippen LogP contribution in [-0.4, -0.2) is 5.16 Å². The third-order valence-electron chi connectivity index (χ3n) is 1.95. The van der Waals surface area contributed by atoms with Crippen LogP contribution in [0, 0.1) is 13.8 Å². The lowest BCUT2D eigenvalue weighted by Gasteiger charge is -1.97. The highest BCUT2D eigenvalue weighted by Gasteiger charge is 2.05. The second-order valence-electron chi connectivity index (χ2n) is 3.05. The van der Waals surface area contributed by atoms with Gasteiger partial charge in [-0.3, -0.25) is 0 Å². The monoisotopic (exact) mass is 172 g/mol. The molecule has 1 heterocycles. The molecule has 0 saturated carbocycles. The van der Waals surface area contributed by atoms with E-state index in [1.54, 1.807) is 6.26 Å². The van der Waals surface area contributed by atoms with Gasteiger partial charge < -0.3 is 4.52 Å². The topological polar surface area (TPSA) is 26.0 Å². The summed E-state index contributed by atoms with van der Waals surface area (Å²) in [6, 6.07) is 7.91. The van der Waals surface area contributed by atoms with Gasteiger partial charge in [0.25, 0.3) is 0 Å². The third kappa shape index (κ3) is 1.47. The Morgan fingerprint density at radius 3 is 2.85 bits per heavy atom. The van der Waals surface area contributed by atoms with Gasteiger partial charge in [-0.25, -0.2) is 0 Å². The molecule has 2 rings (SSSR count). The van der Waals surface area contributed by atoms with Crippen molar-refractivity contribution in [2.24, 2.45) is 0 Å². The van der Waals surface area contributed by atoms with E-state index in [9.17, 15) is 0 Å². The summed E-state index contributed by atoms with van der Waals surface area (Å²) in [5, 5.41) is 3.92. The summed E-state index contributed by atoms with van der Waals surface area (Å²) >= 11 is 0. The second-order valence-corrected chi connectivity index (χ2v) is 3.05. The van der Waals surface area contributed by atoms with E-state index < -0.39 is 0 Å². The molecule has 0 bridgehead atoms. The van der Waals surface area contributed by atoms with Gasteiger partial charge in [-0.2, -0.15) is 0 Å². The fourth-order valence-electron chi connectivity index (χ4n) is 1.28. The minimum Gasteiger partial charge on any atom is -0.364 e. The van der Waals surface area contributed by atoms with Gasteiger partial charge in [0.2, 0.25) is 0 Å². The van der Waals surface area contributed by atoms with Crippen LogP contribution in [0.25, 0.3) is 11.3 Å². The van der Waals surface area contributed by atoms with Crippen LogP contribution < -0.4 is 0 Å². The molecule has 13 heavy (non-hydrogen) atoms. The molecular weight excluding hydrogens is 162 g/mol. The second kappa shape index (κ2) is 3.05. The number of rotatable bonds is 1. The number of benzene rings is 1. The van der Waals surface area contributed by atoms with Gasteiger partial charge in [0, 0.05) is 11.1 Å². The standard InChI is InChI=1S/C11H10NO/c1-8-4-3-5-10(6-8)11-9(2)7-13-12-11/h3-7H,1H2,2H3. The van der Waals surface area contributed by atoms with Crippen molar-refractivity contribution in [2.45, 2.75) is 6.92 Å². The van der Waals surface area contributed by atoms with Crippen LogP contribution in [0.15, 0.2) is 35.1 Å². The zero-order valence-electron chi connectivity index (χ0n) is 7.45. The largest absolute Gasteiger partial charge is 0.364 e. The first-order chi connectivity index (χ1) is 6.27. The fourth-order valence-corrected chi connectivity index (χ4v) is 1.28. The van der Waals surface area contributed by atoms with Crippen molar-refractivity contribution in [3.05, 3.63) is 48.6 Å². The lowest BCUT2D eigenvalue weighted by Crippen LogP contribution is -1.81. The Balaban J connectivity index is 2.53. The molecule has 65 valence electrons. The lowest BCUT2D eigenvalue weighted by atomic mass is 10.1. The van der Waals surface area contributed by atoms with Gasteiger partial charge in [-0.05, 0) is 25.5 Å². The summed E-state index contributed by atoms with van der Waals surface area (Å²) in [5.41, 5.74) is 3.98. The van der Waals surface area contributed by atoms with Gasteiger partial charge in [-0.1, -0.05) is 23.4 Å². The molecule has 2 nitrogen and oxygen atoms in total. The molecule has 2 aromatic rings. The summed E-state index contributed by atoms with van der Waals surface area (Å²) in [7, 11) is 0. The van der Waals surface area contributed by atoms with Crippen molar-refractivity contribution in [3.63, 3.8) is 0 Å². The average molecular weight is 172 g/mol. The number of hydrogen-bond donors (Lipinski definition) is 0. The summed E-state index contributed by atoms with van der Waals surface area (Å²) in [6.07, 6.45) is 1.64. The van der Waals surface area contributed by atoms with E-state index in [1.807, 2.05) is 31.2 Å². The fraction of sp³-hybridized carbons (Fsp3) is 0.0909. The van der Waals surface area contributed by atoms with Crippen LogP contribution in [0.3, 0.4) is 0 Å². The molecule has 0 spiro atoms. The lowest BCUT2D eigenvalue weighted by molar-refractivity contribution is 0.421. The van der Waals surface area contributed by atoms with Crippen molar-refractivity contribution in [2.75, 3.05) is 0 Å². The number of aryl methyl sites for hydroxylation is 1. The highest BCUT2D eigenvalue weighted by molar-refractivity contribution is 5.62.